The topological polar surface area (TPSA) is 37.3 Å². The Morgan fingerprint density at radius 1 is 1.44 bits per heavy atom. The number of fused-ring (bicyclic) bond motifs is 1. The monoisotopic (exact) mass is 249 g/mol. The van der Waals surface area contributed by atoms with Gasteiger partial charge in [0.2, 0.25) is 5.91 Å². The van der Waals surface area contributed by atoms with Crippen LogP contribution < -0.4 is 5.32 Å². The third-order valence-corrected chi connectivity index (χ3v) is 3.72. The molecule has 0 radical (unpaired) electrons. The van der Waals surface area contributed by atoms with E-state index in [0.29, 0.717) is 6.54 Å². The highest BCUT2D eigenvalue weighted by molar-refractivity contribution is 5.78. The van der Waals surface area contributed by atoms with Crippen molar-refractivity contribution in [3.8, 4) is 0 Å². The Morgan fingerprint density at radius 2 is 2.22 bits per heavy atom. The van der Waals surface area contributed by atoms with E-state index < -0.39 is 0 Å². The van der Waals surface area contributed by atoms with Gasteiger partial charge in [0, 0.05) is 24.5 Å². The highest BCUT2D eigenvalue weighted by Gasteiger charge is 2.27. The summed E-state index contributed by atoms with van der Waals surface area (Å²) in [6.07, 6.45) is 1.06. The van der Waals surface area contributed by atoms with Gasteiger partial charge in [-0.3, -0.25) is 4.79 Å². The van der Waals surface area contributed by atoms with Gasteiger partial charge in [-0.05, 0) is 38.9 Å². The molecule has 18 heavy (non-hydrogen) atoms. The predicted molar refractivity (Wildman–Crippen MR) is 72.5 cm³/mol. The second kappa shape index (κ2) is 5.57. The van der Waals surface area contributed by atoms with Crippen LogP contribution in [0.2, 0.25) is 0 Å². The second-order valence-corrected chi connectivity index (χ2v) is 4.99. The van der Waals surface area contributed by atoms with Gasteiger partial charge in [0.05, 0.1) is 12.6 Å². The molecule has 0 aliphatic carbocycles. The molecule has 100 valence electrons. The Bertz CT molecular complexity index is 425. The molecule has 0 fully saturated rings. The molecule has 0 saturated heterocycles. The fourth-order valence-electron chi connectivity index (χ4n) is 2.64. The number of carbonyl (C=O) groups is 1. The van der Waals surface area contributed by atoms with Crippen molar-refractivity contribution >= 4 is 5.91 Å². The van der Waals surface area contributed by atoms with Crippen LogP contribution in [0.3, 0.4) is 0 Å². The lowest BCUT2D eigenvalue weighted by Gasteiger charge is -2.35. The minimum Gasteiger partial charge on any atom is -0.345 e. The molecular weight excluding hydrogens is 226 g/mol. The molecule has 2 rings (SSSR count). The molecule has 1 aliphatic rings. The van der Waals surface area contributed by atoms with Crippen LogP contribution >= 0.6 is 0 Å². The summed E-state index contributed by atoms with van der Waals surface area (Å²) in [5, 5.41) is 3.18. The third kappa shape index (κ3) is 2.43. The average molecular weight is 249 g/mol. The Labute approximate surface area is 109 Å². The zero-order valence-electron chi connectivity index (χ0n) is 11.6. The van der Waals surface area contributed by atoms with Crippen LogP contribution in [0.15, 0.2) is 12.1 Å². The van der Waals surface area contributed by atoms with Gasteiger partial charge in [-0.1, -0.05) is 6.92 Å². The molecular formula is C14H23N3O. The molecule has 4 heteroatoms. The first-order valence-electron chi connectivity index (χ1n) is 6.81. The van der Waals surface area contributed by atoms with Gasteiger partial charge in [-0.15, -0.1) is 0 Å². The zero-order chi connectivity index (χ0) is 13.1. The van der Waals surface area contributed by atoms with Crippen LogP contribution in [0, 0.1) is 6.92 Å². The number of aromatic nitrogens is 1. The first-order chi connectivity index (χ1) is 8.65. The predicted octanol–water partition coefficient (Wildman–Crippen LogP) is 1.70. The summed E-state index contributed by atoms with van der Waals surface area (Å²) >= 11 is 0. The van der Waals surface area contributed by atoms with Crippen molar-refractivity contribution in [1.29, 1.82) is 0 Å². The van der Waals surface area contributed by atoms with Crippen molar-refractivity contribution in [3.05, 3.63) is 23.5 Å². The molecule has 1 amide bonds. The van der Waals surface area contributed by atoms with E-state index in [9.17, 15) is 4.79 Å². The number of rotatable bonds is 4. The fraction of sp³-hybridized carbons (Fsp3) is 0.643. The SMILES string of the molecule is CCCNCC(=O)N1CCn2c(C)ccc2C1C. The van der Waals surface area contributed by atoms with Crippen molar-refractivity contribution in [3.63, 3.8) is 0 Å². The van der Waals surface area contributed by atoms with Crippen molar-refractivity contribution in [1.82, 2.24) is 14.8 Å². The summed E-state index contributed by atoms with van der Waals surface area (Å²) < 4.78 is 2.31. The molecule has 0 aromatic carbocycles. The van der Waals surface area contributed by atoms with E-state index in [1.54, 1.807) is 0 Å². The number of carbonyl (C=O) groups excluding carboxylic acids is 1. The second-order valence-electron chi connectivity index (χ2n) is 4.99. The van der Waals surface area contributed by atoms with Crippen LogP contribution in [0.5, 0.6) is 0 Å². The summed E-state index contributed by atoms with van der Waals surface area (Å²) in [6.45, 7) is 9.44. The van der Waals surface area contributed by atoms with Gasteiger partial charge in [-0.2, -0.15) is 0 Å². The van der Waals surface area contributed by atoms with Crippen LogP contribution in [0.4, 0.5) is 0 Å². The van der Waals surface area contributed by atoms with E-state index in [0.717, 1.165) is 26.1 Å². The number of amides is 1. The normalized spacial score (nSPS) is 18.8. The number of aryl methyl sites for hydroxylation is 1. The van der Waals surface area contributed by atoms with E-state index in [2.05, 4.69) is 42.8 Å². The number of nitrogens with one attached hydrogen (secondary N) is 1. The Balaban J connectivity index is 2.02. The lowest BCUT2D eigenvalue weighted by molar-refractivity contribution is -0.133. The van der Waals surface area contributed by atoms with E-state index in [4.69, 9.17) is 0 Å². The van der Waals surface area contributed by atoms with Gasteiger partial charge >= 0.3 is 0 Å². The van der Waals surface area contributed by atoms with E-state index >= 15 is 0 Å². The first kappa shape index (κ1) is 13.1. The van der Waals surface area contributed by atoms with Gasteiger partial charge in [0.15, 0.2) is 0 Å². The molecule has 0 spiro atoms. The molecule has 1 unspecified atom stereocenters. The lowest BCUT2D eigenvalue weighted by Crippen LogP contribution is -2.44. The highest BCUT2D eigenvalue weighted by atomic mass is 16.2. The minimum absolute atomic E-state index is 0.184. The number of hydrogen-bond acceptors (Lipinski definition) is 2. The van der Waals surface area contributed by atoms with Crippen LogP contribution in [0.25, 0.3) is 0 Å². The molecule has 1 N–H and O–H groups in total. The fourth-order valence-corrected chi connectivity index (χ4v) is 2.64. The van der Waals surface area contributed by atoms with Gasteiger partial charge in [-0.25, -0.2) is 0 Å². The van der Waals surface area contributed by atoms with Crippen molar-refractivity contribution in [2.24, 2.45) is 0 Å². The first-order valence-corrected chi connectivity index (χ1v) is 6.81. The maximum absolute atomic E-state index is 12.2. The molecule has 4 nitrogen and oxygen atoms in total. The Morgan fingerprint density at radius 3 is 2.94 bits per heavy atom. The quantitative estimate of drug-likeness (QED) is 0.825. The molecule has 1 aromatic rings. The summed E-state index contributed by atoms with van der Waals surface area (Å²) in [7, 11) is 0. The maximum Gasteiger partial charge on any atom is 0.237 e. The molecule has 0 saturated carbocycles. The lowest BCUT2D eigenvalue weighted by atomic mass is 10.1. The van der Waals surface area contributed by atoms with Crippen molar-refractivity contribution in [2.75, 3.05) is 19.6 Å². The molecule has 0 bridgehead atoms. The van der Waals surface area contributed by atoms with Gasteiger partial charge in [0.25, 0.3) is 0 Å². The van der Waals surface area contributed by atoms with Crippen LogP contribution in [0.1, 0.15) is 37.7 Å². The Hall–Kier alpha value is -1.29. The van der Waals surface area contributed by atoms with E-state index in [1.807, 2.05) is 4.90 Å². The molecule has 1 atom stereocenters. The highest BCUT2D eigenvalue weighted by Crippen LogP contribution is 2.26. The van der Waals surface area contributed by atoms with Crippen molar-refractivity contribution in [2.45, 2.75) is 39.8 Å². The number of hydrogen-bond donors (Lipinski definition) is 1. The largest absolute Gasteiger partial charge is 0.345 e. The summed E-state index contributed by atoms with van der Waals surface area (Å²) in [4.78, 5) is 14.1. The van der Waals surface area contributed by atoms with E-state index in [1.165, 1.54) is 11.4 Å². The van der Waals surface area contributed by atoms with Crippen LogP contribution in [-0.4, -0.2) is 35.0 Å². The molecule has 1 aromatic heterocycles. The minimum atomic E-state index is 0.184. The molecule has 2 heterocycles. The van der Waals surface area contributed by atoms with Crippen LogP contribution in [-0.2, 0) is 11.3 Å². The van der Waals surface area contributed by atoms with Crippen molar-refractivity contribution < 1.29 is 4.79 Å². The Kier molecular flexibility index (Phi) is 4.07. The third-order valence-electron chi connectivity index (χ3n) is 3.72. The zero-order valence-corrected chi connectivity index (χ0v) is 11.6. The van der Waals surface area contributed by atoms with Gasteiger partial charge < -0.3 is 14.8 Å². The maximum atomic E-state index is 12.2. The van der Waals surface area contributed by atoms with Gasteiger partial charge in [0.1, 0.15) is 0 Å². The summed E-state index contributed by atoms with van der Waals surface area (Å²) in [5.41, 5.74) is 2.54. The molecule has 1 aliphatic heterocycles. The standard InChI is InChI=1S/C14H23N3O/c1-4-7-15-10-14(18)17-9-8-16-11(2)5-6-13(16)12(17)3/h5-6,12,15H,4,7-10H2,1-3H3. The number of nitrogens with zero attached hydrogens (tertiary/aromatic N) is 2. The summed E-state index contributed by atoms with van der Waals surface area (Å²) in [5.74, 6) is 0.209. The average Bonchev–Trinajstić information content (AvgIpc) is 2.73. The summed E-state index contributed by atoms with van der Waals surface area (Å²) in [6, 6.07) is 4.46. The van der Waals surface area contributed by atoms with E-state index in [-0.39, 0.29) is 11.9 Å². The smallest absolute Gasteiger partial charge is 0.237 e.